The summed E-state index contributed by atoms with van der Waals surface area (Å²) in [6, 6.07) is 5.16. The summed E-state index contributed by atoms with van der Waals surface area (Å²) < 4.78 is 5.64. The lowest BCUT2D eigenvalue weighted by Crippen LogP contribution is -2.37. The van der Waals surface area contributed by atoms with Gasteiger partial charge in [0.25, 0.3) is 0 Å². The molecule has 6 heteroatoms. The molecule has 21 heavy (non-hydrogen) atoms. The summed E-state index contributed by atoms with van der Waals surface area (Å²) in [4.78, 5) is 21.1. The largest absolute Gasteiger partial charge is 0.494 e. The smallest absolute Gasteiger partial charge is 0.327 e. The zero-order valence-corrected chi connectivity index (χ0v) is 13.1. The summed E-state index contributed by atoms with van der Waals surface area (Å²) in [6.45, 7) is 4.69. The van der Waals surface area contributed by atoms with E-state index >= 15 is 0 Å². The number of aliphatic carboxylic acids is 1. The molecule has 1 rings (SSSR count). The Morgan fingerprint density at radius 1 is 1.43 bits per heavy atom. The van der Waals surface area contributed by atoms with E-state index in [0.717, 1.165) is 17.9 Å². The molecule has 5 nitrogen and oxygen atoms in total. The number of hydrogen-bond acceptors (Lipinski definition) is 4. The van der Waals surface area contributed by atoms with Gasteiger partial charge in [0.05, 0.1) is 6.61 Å². The fraction of sp³-hybridized carbons (Fsp3) is 0.467. The number of carboxylic acid groups (broad SMARTS) is 1. The van der Waals surface area contributed by atoms with Gasteiger partial charge in [0.2, 0.25) is 6.41 Å². The number of amides is 1. The molecule has 0 aliphatic heterocycles. The molecule has 2 N–H and O–H groups in total. The van der Waals surface area contributed by atoms with Gasteiger partial charge in [0.15, 0.2) is 0 Å². The average molecular weight is 311 g/mol. The SMILES string of the molecule is Cc1ccc(OCCCSCC(NC=O)C(=O)O)cc1C. The Morgan fingerprint density at radius 2 is 2.19 bits per heavy atom. The maximum atomic E-state index is 10.8. The van der Waals surface area contributed by atoms with E-state index in [0.29, 0.717) is 18.8 Å². The molecule has 1 atom stereocenters. The number of carboxylic acids is 1. The third kappa shape index (κ3) is 6.53. The van der Waals surface area contributed by atoms with Crippen molar-refractivity contribution in [2.45, 2.75) is 26.3 Å². The number of carbonyl (C=O) groups is 2. The van der Waals surface area contributed by atoms with Crippen molar-refractivity contribution in [2.75, 3.05) is 18.1 Å². The summed E-state index contributed by atoms with van der Waals surface area (Å²) >= 11 is 1.49. The summed E-state index contributed by atoms with van der Waals surface area (Å²) in [5, 5.41) is 11.1. The van der Waals surface area contributed by atoms with Crippen LogP contribution in [0.15, 0.2) is 18.2 Å². The second-order valence-corrected chi connectivity index (χ2v) is 5.85. The molecule has 1 aromatic rings. The number of hydrogen-bond donors (Lipinski definition) is 2. The third-order valence-electron chi connectivity index (χ3n) is 3.03. The Bertz CT molecular complexity index is 479. The summed E-state index contributed by atoms with van der Waals surface area (Å²) in [7, 11) is 0. The van der Waals surface area contributed by atoms with E-state index in [4.69, 9.17) is 9.84 Å². The molecular formula is C15H21NO4S. The Labute approximate surface area is 129 Å². The fourth-order valence-corrected chi connectivity index (χ4v) is 2.59. The van der Waals surface area contributed by atoms with Crippen molar-refractivity contribution in [1.29, 1.82) is 0 Å². The monoisotopic (exact) mass is 311 g/mol. The normalized spacial score (nSPS) is 11.7. The molecule has 0 aromatic heterocycles. The summed E-state index contributed by atoms with van der Waals surface area (Å²) in [6.07, 6.45) is 1.24. The number of nitrogens with one attached hydrogen (secondary N) is 1. The minimum Gasteiger partial charge on any atom is -0.494 e. The Balaban J connectivity index is 2.18. The highest BCUT2D eigenvalue weighted by molar-refractivity contribution is 7.99. The number of thioether (sulfide) groups is 1. The van der Waals surface area contributed by atoms with Crippen LogP contribution in [0.2, 0.25) is 0 Å². The Kier molecular flexibility index (Phi) is 7.68. The number of ether oxygens (including phenoxy) is 1. The standard InChI is InChI=1S/C15H21NO4S/c1-11-4-5-13(8-12(11)2)20-6-3-7-21-9-14(15(18)19)16-10-17/h4-5,8,10,14H,3,6-7,9H2,1-2H3,(H,16,17)(H,18,19). The van der Waals surface area contributed by atoms with Crippen molar-refractivity contribution in [3.63, 3.8) is 0 Å². The lowest BCUT2D eigenvalue weighted by molar-refractivity contribution is -0.139. The first-order valence-corrected chi connectivity index (χ1v) is 7.90. The van der Waals surface area contributed by atoms with Crippen LogP contribution in [-0.4, -0.2) is 41.6 Å². The topological polar surface area (TPSA) is 75.6 Å². The van der Waals surface area contributed by atoms with Crippen molar-refractivity contribution >= 4 is 24.1 Å². The van der Waals surface area contributed by atoms with Gasteiger partial charge in [0.1, 0.15) is 11.8 Å². The van der Waals surface area contributed by atoms with E-state index in [9.17, 15) is 9.59 Å². The van der Waals surface area contributed by atoms with Crippen LogP contribution in [0.25, 0.3) is 0 Å². The first kappa shape index (κ1) is 17.4. The van der Waals surface area contributed by atoms with E-state index in [1.54, 1.807) is 0 Å². The van der Waals surface area contributed by atoms with Crippen molar-refractivity contribution in [2.24, 2.45) is 0 Å². The highest BCUT2D eigenvalue weighted by atomic mass is 32.2. The Hall–Kier alpha value is -1.69. The molecule has 0 saturated heterocycles. The van der Waals surface area contributed by atoms with Crippen LogP contribution < -0.4 is 10.1 Å². The molecule has 0 bridgehead atoms. The van der Waals surface area contributed by atoms with Gasteiger partial charge in [-0.1, -0.05) is 6.07 Å². The molecule has 1 aromatic carbocycles. The van der Waals surface area contributed by atoms with Crippen molar-refractivity contribution < 1.29 is 19.4 Å². The lowest BCUT2D eigenvalue weighted by atomic mass is 10.1. The van der Waals surface area contributed by atoms with E-state index in [-0.39, 0.29) is 0 Å². The molecule has 1 amide bonds. The molecule has 1 unspecified atom stereocenters. The second kappa shape index (κ2) is 9.28. The zero-order chi connectivity index (χ0) is 15.7. The minimum absolute atomic E-state index is 0.359. The van der Waals surface area contributed by atoms with Gasteiger partial charge in [-0.05, 0) is 49.3 Å². The van der Waals surface area contributed by atoms with Crippen LogP contribution in [0, 0.1) is 13.8 Å². The molecular weight excluding hydrogens is 290 g/mol. The second-order valence-electron chi connectivity index (χ2n) is 4.70. The van der Waals surface area contributed by atoms with Crippen LogP contribution in [0.1, 0.15) is 17.5 Å². The summed E-state index contributed by atoms with van der Waals surface area (Å²) in [5.41, 5.74) is 2.44. The number of aryl methyl sites for hydroxylation is 2. The first-order chi connectivity index (χ1) is 10.0. The maximum Gasteiger partial charge on any atom is 0.327 e. The van der Waals surface area contributed by atoms with Gasteiger partial charge in [-0.25, -0.2) is 4.79 Å². The van der Waals surface area contributed by atoms with E-state index in [1.807, 2.05) is 25.1 Å². The summed E-state index contributed by atoms with van der Waals surface area (Å²) in [5.74, 6) is 0.988. The van der Waals surface area contributed by atoms with Gasteiger partial charge >= 0.3 is 5.97 Å². The number of carbonyl (C=O) groups excluding carboxylic acids is 1. The van der Waals surface area contributed by atoms with Crippen LogP contribution >= 0.6 is 11.8 Å². The van der Waals surface area contributed by atoms with Crippen molar-refractivity contribution in [3.05, 3.63) is 29.3 Å². The molecule has 0 heterocycles. The average Bonchev–Trinajstić information content (AvgIpc) is 2.44. The van der Waals surface area contributed by atoms with Crippen LogP contribution in [0.3, 0.4) is 0 Å². The van der Waals surface area contributed by atoms with E-state index < -0.39 is 12.0 Å². The molecule has 116 valence electrons. The highest BCUT2D eigenvalue weighted by Crippen LogP contribution is 2.16. The Morgan fingerprint density at radius 3 is 2.81 bits per heavy atom. The molecule has 0 saturated carbocycles. The fourth-order valence-electron chi connectivity index (χ4n) is 1.63. The van der Waals surface area contributed by atoms with Crippen LogP contribution in [0.5, 0.6) is 5.75 Å². The van der Waals surface area contributed by atoms with E-state index in [2.05, 4.69) is 12.2 Å². The number of benzene rings is 1. The third-order valence-corrected chi connectivity index (χ3v) is 4.18. The predicted molar refractivity (Wildman–Crippen MR) is 84.0 cm³/mol. The highest BCUT2D eigenvalue weighted by Gasteiger charge is 2.15. The van der Waals surface area contributed by atoms with Gasteiger partial charge in [0, 0.05) is 5.75 Å². The van der Waals surface area contributed by atoms with Crippen LogP contribution in [0.4, 0.5) is 0 Å². The predicted octanol–water partition coefficient (Wildman–Crippen LogP) is 2.00. The zero-order valence-electron chi connectivity index (χ0n) is 12.3. The molecule has 0 fully saturated rings. The molecule has 0 spiro atoms. The molecule has 0 aliphatic carbocycles. The molecule has 0 aliphatic rings. The van der Waals surface area contributed by atoms with Gasteiger partial charge in [-0.2, -0.15) is 11.8 Å². The first-order valence-electron chi connectivity index (χ1n) is 6.75. The van der Waals surface area contributed by atoms with Crippen molar-refractivity contribution in [3.8, 4) is 5.75 Å². The van der Waals surface area contributed by atoms with Gasteiger partial charge < -0.3 is 15.2 Å². The molecule has 0 radical (unpaired) electrons. The number of rotatable bonds is 10. The quantitative estimate of drug-likeness (QED) is 0.510. The maximum absolute atomic E-state index is 10.8. The van der Waals surface area contributed by atoms with E-state index in [1.165, 1.54) is 22.9 Å². The van der Waals surface area contributed by atoms with Gasteiger partial charge in [-0.15, -0.1) is 0 Å². The van der Waals surface area contributed by atoms with Crippen LogP contribution in [-0.2, 0) is 9.59 Å². The van der Waals surface area contributed by atoms with Crippen molar-refractivity contribution in [1.82, 2.24) is 5.32 Å². The van der Waals surface area contributed by atoms with Gasteiger partial charge in [-0.3, -0.25) is 4.79 Å². The lowest BCUT2D eigenvalue weighted by Gasteiger charge is -2.11. The minimum atomic E-state index is -1.01.